The van der Waals surface area contributed by atoms with E-state index in [4.69, 9.17) is 9.47 Å². The maximum absolute atomic E-state index is 12.9. The molecule has 0 aromatic carbocycles. The molecule has 1 aliphatic rings. The molecule has 1 aromatic rings. The number of likely N-dealkylation sites (tertiary alicyclic amines) is 1. The van der Waals surface area contributed by atoms with E-state index in [9.17, 15) is 9.59 Å². The lowest BCUT2D eigenvalue weighted by molar-refractivity contribution is -0.162. The minimum atomic E-state index is -0.522. The second kappa shape index (κ2) is 9.63. The number of carbonyl (C=O) groups is 2. The van der Waals surface area contributed by atoms with Gasteiger partial charge in [-0.05, 0) is 72.8 Å². The Morgan fingerprint density at radius 3 is 2.38 bits per heavy atom. The number of ether oxygens (including phenoxy) is 2. The van der Waals surface area contributed by atoms with Crippen LogP contribution in [-0.4, -0.2) is 51.0 Å². The Hall–Kier alpha value is -2.05. The molecule has 0 spiro atoms. The van der Waals surface area contributed by atoms with Crippen molar-refractivity contribution < 1.29 is 19.1 Å². The third-order valence-corrected chi connectivity index (χ3v) is 4.87. The lowest BCUT2D eigenvalue weighted by Crippen LogP contribution is -2.37. The van der Waals surface area contributed by atoms with Crippen LogP contribution in [0.5, 0.6) is 0 Å². The summed E-state index contributed by atoms with van der Waals surface area (Å²) in [7, 11) is 0. The molecule has 2 heterocycles. The highest BCUT2D eigenvalue weighted by molar-refractivity contribution is 5.74. The number of unbranched alkanes of at least 4 members (excludes halogenated alkanes) is 1. The highest BCUT2D eigenvalue weighted by Gasteiger charge is 2.38. The predicted molar refractivity (Wildman–Crippen MR) is 111 cm³/mol. The van der Waals surface area contributed by atoms with Crippen molar-refractivity contribution in [3.05, 3.63) is 18.5 Å². The number of hydrogen-bond donors (Lipinski definition) is 0. The summed E-state index contributed by atoms with van der Waals surface area (Å²) < 4.78 is 13.1. The van der Waals surface area contributed by atoms with Crippen molar-refractivity contribution in [2.75, 3.05) is 13.1 Å². The van der Waals surface area contributed by atoms with Gasteiger partial charge in [-0.2, -0.15) is 5.10 Å². The molecule has 29 heavy (non-hydrogen) atoms. The molecule has 164 valence electrons. The predicted octanol–water partition coefficient (Wildman–Crippen LogP) is 4.27. The SMILES string of the molecule is CC(C)(C)OC(=O)[C@@H](CCCCn1cccn1)[C@H]1CCN(C(=O)OC(C)(C)C)C1. The first-order valence-electron chi connectivity index (χ1n) is 10.6. The molecule has 0 radical (unpaired) electrons. The van der Waals surface area contributed by atoms with Crippen LogP contribution in [-0.2, 0) is 20.8 Å². The topological polar surface area (TPSA) is 73.7 Å². The van der Waals surface area contributed by atoms with E-state index in [2.05, 4.69) is 5.10 Å². The maximum atomic E-state index is 12.9. The first-order chi connectivity index (χ1) is 13.4. The van der Waals surface area contributed by atoms with Gasteiger partial charge in [0.2, 0.25) is 0 Å². The first-order valence-corrected chi connectivity index (χ1v) is 10.6. The van der Waals surface area contributed by atoms with E-state index >= 15 is 0 Å². The third-order valence-electron chi connectivity index (χ3n) is 4.87. The van der Waals surface area contributed by atoms with Crippen molar-refractivity contribution in [1.82, 2.24) is 14.7 Å². The van der Waals surface area contributed by atoms with Crippen LogP contribution in [0.25, 0.3) is 0 Å². The van der Waals surface area contributed by atoms with Crippen molar-refractivity contribution in [2.45, 2.75) is 85.0 Å². The number of carbonyl (C=O) groups excluding carboxylic acids is 2. The number of rotatable bonds is 7. The van der Waals surface area contributed by atoms with Gasteiger partial charge in [-0.1, -0.05) is 6.42 Å². The zero-order valence-electron chi connectivity index (χ0n) is 18.8. The minimum absolute atomic E-state index is 0.0991. The molecule has 0 saturated carbocycles. The Bertz CT molecular complexity index is 659. The van der Waals surface area contributed by atoms with Crippen LogP contribution < -0.4 is 0 Å². The van der Waals surface area contributed by atoms with Gasteiger partial charge in [0.1, 0.15) is 11.2 Å². The number of aromatic nitrogens is 2. The summed E-state index contributed by atoms with van der Waals surface area (Å²) in [5.41, 5.74) is -1.04. The van der Waals surface area contributed by atoms with Gasteiger partial charge in [0, 0.05) is 32.0 Å². The molecule has 2 rings (SSSR count). The van der Waals surface area contributed by atoms with Crippen molar-refractivity contribution >= 4 is 12.1 Å². The lowest BCUT2D eigenvalue weighted by atomic mass is 9.87. The van der Waals surface area contributed by atoms with Crippen LogP contribution in [0.4, 0.5) is 4.79 Å². The summed E-state index contributed by atoms with van der Waals surface area (Å²) >= 11 is 0. The summed E-state index contributed by atoms with van der Waals surface area (Å²) in [5, 5.41) is 4.22. The second-order valence-electron chi connectivity index (χ2n) is 9.88. The zero-order chi connectivity index (χ0) is 21.7. The number of hydrogen-bond acceptors (Lipinski definition) is 5. The summed E-state index contributed by atoms with van der Waals surface area (Å²) in [5.74, 6) is -0.269. The fourth-order valence-corrected chi connectivity index (χ4v) is 3.60. The van der Waals surface area contributed by atoms with E-state index in [-0.39, 0.29) is 23.9 Å². The van der Waals surface area contributed by atoms with E-state index in [1.165, 1.54) is 0 Å². The Balaban J connectivity index is 1.95. The monoisotopic (exact) mass is 407 g/mol. The van der Waals surface area contributed by atoms with Gasteiger partial charge in [-0.15, -0.1) is 0 Å². The van der Waals surface area contributed by atoms with Gasteiger partial charge in [-0.3, -0.25) is 9.48 Å². The van der Waals surface area contributed by atoms with Crippen molar-refractivity contribution in [3.63, 3.8) is 0 Å². The van der Waals surface area contributed by atoms with Gasteiger partial charge < -0.3 is 14.4 Å². The summed E-state index contributed by atoms with van der Waals surface area (Å²) in [6, 6.07) is 1.91. The molecule has 0 bridgehead atoms. The Kier molecular flexibility index (Phi) is 7.72. The molecule has 1 aliphatic heterocycles. The summed E-state index contributed by atoms with van der Waals surface area (Å²) in [6.45, 7) is 13.3. The van der Waals surface area contributed by atoms with Gasteiger partial charge in [0.15, 0.2) is 0 Å². The highest BCUT2D eigenvalue weighted by Crippen LogP contribution is 2.31. The lowest BCUT2D eigenvalue weighted by Gasteiger charge is -2.28. The molecule has 0 unspecified atom stereocenters. The average molecular weight is 408 g/mol. The van der Waals surface area contributed by atoms with Crippen LogP contribution >= 0.6 is 0 Å². The number of nitrogens with zero attached hydrogens (tertiary/aromatic N) is 3. The van der Waals surface area contributed by atoms with Crippen LogP contribution in [0.2, 0.25) is 0 Å². The van der Waals surface area contributed by atoms with Gasteiger partial charge >= 0.3 is 12.1 Å². The van der Waals surface area contributed by atoms with E-state index in [1.807, 2.05) is 58.5 Å². The first kappa shape index (κ1) is 23.2. The Morgan fingerprint density at radius 2 is 1.79 bits per heavy atom. The Morgan fingerprint density at radius 1 is 1.10 bits per heavy atom. The fraction of sp³-hybridized carbons (Fsp3) is 0.773. The van der Waals surface area contributed by atoms with E-state index in [1.54, 1.807) is 11.1 Å². The molecule has 1 saturated heterocycles. The van der Waals surface area contributed by atoms with E-state index in [0.717, 1.165) is 32.2 Å². The smallest absolute Gasteiger partial charge is 0.410 e. The van der Waals surface area contributed by atoms with Crippen molar-refractivity contribution in [2.24, 2.45) is 11.8 Å². The number of aryl methyl sites for hydroxylation is 1. The van der Waals surface area contributed by atoms with Gasteiger partial charge in [0.05, 0.1) is 5.92 Å². The minimum Gasteiger partial charge on any atom is -0.460 e. The molecule has 2 atom stereocenters. The second-order valence-corrected chi connectivity index (χ2v) is 9.88. The van der Waals surface area contributed by atoms with E-state index < -0.39 is 11.2 Å². The largest absolute Gasteiger partial charge is 0.460 e. The van der Waals surface area contributed by atoms with Gasteiger partial charge in [0.25, 0.3) is 0 Å². The van der Waals surface area contributed by atoms with Crippen LogP contribution in [0.1, 0.15) is 67.2 Å². The average Bonchev–Trinajstić information content (AvgIpc) is 3.23. The molecular formula is C22H37N3O4. The molecule has 7 heteroatoms. The van der Waals surface area contributed by atoms with Crippen molar-refractivity contribution in [3.8, 4) is 0 Å². The zero-order valence-corrected chi connectivity index (χ0v) is 18.8. The van der Waals surface area contributed by atoms with Crippen LogP contribution in [0.3, 0.4) is 0 Å². The van der Waals surface area contributed by atoms with E-state index in [0.29, 0.717) is 13.1 Å². The molecule has 0 N–H and O–H groups in total. The van der Waals surface area contributed by atoms with Crippen LogP contribution in [0.15, 0.2) is 18.5 Å². The van der Waals surface area contributed by atoms with Gasteiger partial charge in [-0.25, -0.2) is 4.79 Å². The quantitative estimate of drug-likeness (QED) is 0.498. The van der Waals surface area contributed by atoms with Crippen molar-refractivity contribution in [1.29, 1.82) is 0 Å². The summed E-state index contributed by atoms with van der Waals surface area (Å²) in [4.78, 5) is 27.0. The summed E-state index contributed by atoms with van der Waals surface area (Å²) in [6.07, 6.45) is 6.82. The third kappa shape index (κ3) is 8.07. The Labute approximate surface area is 174 Å². The molecule has 1 amide bonds. The standard InChI is InChI=1S/C22H37N3O4/c1-21(2,3)28-19(26)18(10-7-8-13-25-14-9-12-23-25)17-11-15-24(16-17)20(27)29-22(4,5)6/h9,12,14,17-18H,7-8,10-11,13,15-16H2,1-6H3/t17-,18-/m0/s1. The maximum Gasteiger partial charge on any atom is 0.410 e. The van der Waals surface area contributed by atoms with Crippen LogP contribution in [0, 0.1) is 11.8 Å². The molecular weight excluding hydrogens is 370 g/mol. The molecule has 7 nitrogen and oxygen atoms in total. The molecule has 0 aliphatic carbocycles. The number of amides is 1. The molecule has 1 fully saturated rings. The number of esters is 1. The molecule has 1 aromatic heterocycles. The normalized spacial score (nSPS) is 18.6. The fourth-order valence-electron chi connectivity index (χ4n) is 3.60. The highest BCUT2D eigenvalue weighted by atomic mass is 16.6.